The zero-order chi connectivity index (χ0) is 17.6. The van der Waals surface area contributed by atoms with Crippen LogP contribution in [-0.2, 0) is 20.1 Å². The van der Waals surface area contributed by atoms with Crippen LogP contribution in [0, 0.1) is 5.41 Å². The van der Waals surface area contributed by atoms with Crippen LogP contribution in [0.15, 0.2) is 30.6 Å². The van der Waals surface area contributed by atoms with E-state index < -0.39 is 0 Å². The predicted molar refractivity (Wildman–Crippen MR) is 105 cm³/mol. The quantitative estimate of drug-likeness (QED) is 0.850. The molecule has 1 saturated heterocycles. The molecule has 3 heterocycles. The van der Waals surface area contributed by atoms with Crippen LogP contribution in [0.4, 0.5) is 0 Å². The Kier molecular flexibility index (Phi) is 5.05. The minimum absolute atomic E-state index is 0. The van der Waals surface area contributed by atoms with Gasteiger partial charge in [-0.25, -0.2) is 4.98 Å². The van der Waals surface area contributed by atoms with Gasteiger partial charge in [0.2, 0.25) is 6.79 Å². The van der Waals surface area contributed by atoms with Gasteiger partial charge < -0.3 is 19.4 Å². The summed E-state index contributed by atoms with van der Waals surface area (Å²) in [7, 11) is 2.07. The third-order valence-corrected chi connectivity index (χ3v) is 6.30. The molecule has 0 bridgehead atoms. The van der Waals surface area contributed by atoms with Crippen molar-refractivity contribution in [3.63, 3.8) is 0 Å². The Balaban J connectivity index is 0.00000180. The van der Waals surface area contributed by atoms with Crippen LogP contribution >= 0.6 is 12.4 Å². The summed E-state index contributed by atoms with van der Waals surface area (Å²) in [6, 6.07) is 6.84. The Morgan fingerprint density at radius 3 is 2.89 bits per heavy atom. The lowest BCUT2D eigenvalue weighted by molar-refractivity contribution is 0.165. The Bertz CT molecular complexity index is 803. The average molecular weight is 391 g/mol. The Hall–Kier alpha value is -1.76. The first kappa shape index (κ1) is 18.6. The van der Waals surface area contributed by atoms with E-state index >= 15 is 0 Å². The second kappa shape index (κ2) is 7.34. The topological polar surface area (TPSA) is 51.6 Å². The Labute approximate surface area is 166 Å². The first-order valence-electron chi connectivity index (χ1n) is 9.54. The first-order chi connectivity index (χ1) is 12.8. The number of para-hydroxylation sites is 1. The molecule has 1 aromatic heterocycles. The number of benzene rings is 1. The molecule has 1 spiro atoms. The molecule has 1 aliphatic carbocycles. The number of nitrogens with one attached hydrogen (secondary N) is 1. The number of aryl methyl sites for hydroxylation is 1. The van der Waals surface area contributed by atoms with E-state index in [0.717, 1.165) is 43.5 Å². The maximum absolute atomic E-state index is 5.75. The molecule has 3 aliphatic rings. The summed E-state index contributed by atoms with van der Waals surface area (Å²) in [6.45, 7) is 4.35. The number of piperidine rings is 1. The molecule has 1 N–H and O–H groups in total. The molecule has 6 nitrogen and oxygen atoms in total. The molecule has 2 fully saturated rings. The summed E-state index contributed by atoms with van der Waals surface area (Å²) in [5, 5.41) is 3.51. The van der Waals surface area contributed by atoms with Crippen LogP contribution in [-0.4, -0.2) is 40.4 Å². The van der Waals surface area contributed by atoms with Crippen LogP contribution in [0.25, 0.3) is 0 Å². The minimum Gasteiger partial charge on any atom is -0.454 e. The fourth-order valence-corrected chi connectivity index (χ4v) is 4.65. The normalized spacial score (nSPS) is 22.1. The Morgan fingerprint density at radius 2 is 2.11 bits per heavy atom. The molecule has 0 amide bonds. The highest BCUT2D eigenvalue weighted by molar-refractivity contribution is 5.85. The minimum atomic E-state index is 0. The Morgan fingerprint density at radius 1 is 1.26 bits per heavy atom. The smallest absolute Gasteiger partial charge is 0.231 e. The van der Waals surface area contributed by atoms with Crippen molar-refractivity contribution in [2.75, 3.05) is 19.9 Å². The molecule has 0 radical (unpaired) electrons. The van der Waals surface area contributed by atoms with Gasteiger partial charge in [-0.1, -0.05) is 12.1 Å². The second-order valence-electron chi connectivity index (χ2n) is 7.84. The van der Waals surface area contributed by atoms with E-state index in [9.17, 15) is 0 Å². The number of aromatic nitrogens is 2. The summed E-state index contributed by atoms with van der Waals surface area (Å²) in [5.41, 5.74) is 1.70. The van der Waals surface area contributed by atoms with Crippen molar-refractivity contribution in [1.29, 1.82) is 0 Å². The number of fused-ring (bicyclic) bond motifs is 1. The maximum atomic E-state index is 5.75. The number of imidazole rings is 1. The molecule has 2 aromatic rings. The molecule has 1 atom stereocenters. The molecule has 1 saturated carbocycles. The summed E-state index contributed by atoms with van der Waals surface area (Å²) in [6.07, 6.45) is 7.77. The third kappa shape index (κ3) is 3.42. The van der Waals surface area contributed by atoms with Crippen molar-refractivity contribution in [3.05, 3.63) is 42.0 Å². The summed E-state index contributed by atoms with van der Waals surface area (Å²) < 4.78 is 13.4. The van der Waals surface area contributed by atoms with E-state index in [1.807, 2.05) is 18.5 Å². The highest BCUT2D eigenvalue weighted by atomic mass is 35.5. The van der Waals surface area contributed by atoms with Crippen molar-refractivity contribution in [1.82, 2.24) is 19.8 Å². The monoisotopic (exact) mass is 390 g/mol. The number of hydrogen-bond acceptors (Lipinski definition) is 5. The third-order valence-electron chi connectivity index (χ3n) is 6.30. The van der Waals surface area contributed by atoms with Gasteiger partial charge in [-0.3, -0.25) is 4.90 Å². The summed E-state index contributed by atoms with van der Waals surface area (Å²) >= 11 is 0. The van der Waals surface area contributed by atoms with E-state index in [1.54, 1.807) is 0 Å². The van der Waals surface area contributed by atoms with Crippen LogP contribution in [0.2, 0.25) is 0 Å². The molecule has 5 rings (SSSR count). The number of nitrogens with zero attached hydrogens (tertiary/aromatic N) is 3. The van der Waals surface area contributed by atoms with Gasteiger partial charge in [0.25, 0.3) is 0 Å². The molecule has 1 unspecified atom stereocenters. The number of rotatable bonds is 5. The van der Waals surface area contributed by atoms with Crippen LogP contribution in [0.1, 0.15) is 30.7 Å². The standard InChI is InChI=1S/C20H26N4O2.ClH/c1-23-10-9-22-18(23)13-24(17-11-20(17)5-7-21-8-6-20)12-15-3-2-4-16-19(15)26-14-25-16;/h2-4,9-10,17,21H,5-8,11-14H2,1H3;1H. The molecular formula is C20H27ClN4O2. The lowest BCUT2D eigenvalue weighted by Crippen LogP contribution is -2.36. The van der Waals surface area contributed by atoms with Crippen molar-refractivity contribution >= 4 is 12.4 Å². The zero-order valence-electron chi connectivity index (χ0n) is 15.7. The van der Waals surface area contributed by atoms with Gasteiger partial charge >= 0.3 is 0 Å². The second-order valence-corrected chi connectivity index (χ2v) is 7.84. The number of halogens is 1. The molecule has 2 aliphatic heterocycles. The molecular weight excluding hydrogens is 364 g/mol. The first-order valence-corrected chi connectivity index (χ1v) is 9.54. The fourth-order valence-electron chi connectivity index (χ4n) is 4.65. The van der Waals surface area contributed by atoms with Crippen LogP contribution in [0.5, 0.6) is 11.5 Å². The van der Waals surface area contributed by atoms with Gasteiger partial charge in [0, 0.05) is 37.6 Å². The predicted octanol–water partition coefficient (Wildman–Crippen LogP) is 2.71. The van der Waals surface area contributed by atoms with Crippen molar-refractivity contribution in [2.24, 2.45) is 12.5 Å². The molecule has 146 valence electrons. The zero-order valence-corrected chi connectivity index (χ0v) is 16.5. The van der Waals surface area contributed by atoms with Crippen molar-refractivity contribution in [3.8, 4) is 11.5 Å². The maximum Gasteiger partial charge on any atom is 0.231 e. The highest BCUT2D eigenvalue weighted by Gasteiger charge is 2.56. The van der Waals surface area contributed by atoms with Gasteiger partial charge in [-0.2, -0.15) is 0 Å². The molecule has 7 heteroatoms. The fraction of sp³-hybridized carbons (Fsp3) is 0.550. The molecule has 27 heavy (non-hydrogen) atoms. The van der Waals surface area contributed by atoms with E-state index in [1.165, 1.54) is 24.8 Å². The van der Waals surface area contributed by atoms with Crippen molar-refractivity contribution < 1.29 is 9.47 Å². The van der Waals surface area contributed by atoms with Gasteiger partial charge in [0.1, 0.15) is 5.82 Å². The lowest BCUT2D eigenvalue weighted by Gasteiger charge is -2.29. The number of ether oxygens (including phenoxy) is 2. The van der Waals surface area contributed by atoms with E-state index in [2.05, 4.69) is 38.9 Å². The van der Waals surface area contributed by atoms with E-state index in [4.69, 9.17) is 9.47 Å². The summed E-state index contributed by atoms with van der Waals surface area (Å²) in [4.78, 5) is 7.17. The van der Waals surface area contributed by atoms with Gasteiger partial charge in [0.05, 0.1) is 6.54 Å². The van der Waals surface area contributed by atoms with Gasteiger partial charge in [-0.15, -0.1) is 12.4 Å². The lowest BCUT2D eigenvalue weighted by atomic mass is 9.93. The number of hydrogen-bond donors (Lipinski definition) is 1. The van der Waals surface area contributed by atoms with E-state index in [-0.39, 0.29) is 12.4 Å². The van der Waals surface area contributed by atoms with Crippen molar-refractivity contribution in [2.45, 2.75) is 38.4 Å². The SMILES string of the molecule is Cl.Cn1ccnc1CN(Cc1cccc2c1OCO2)C1CC12CCNCC2. The highest BCUT2D eigenvalue weighted by Crippen LogP contribution is 2.56. The average Bonchev–Trinajstić information content (AvgIpc) is 3.00. The van der Waals surface area contributed by atoms with E-state index in [0.29, 0.717) is 18.2 Å². The summed E-state index contributed by atoms with van der Waals surface area (Å²) in [5.74, 6) is 2.90. The van der Waals surface area contributed by atoms with Crippen LogP contribution in [0.3, 0.4) is 0 Å². The van der Waals surface area contributed by atoms with Gasteiger partial charge in [0.15, 0.2) is 11.5 Å². The van der Waals surface area contributed by atoms with Crippen LogP contribution < -0.4 is 14.8 Å². The van der Waals surface area contributed by atoms with Gasteiger partial charge in [-0.05, 0) is 43.8 Å². The largest absolute Gasteiger partial charge is 0.454 e. The molecule has 1 aromatic carbocycles.